The third-order valence-electron chi connectivity index (χ3n) is 4.80. The Morgan fingerprint density at radius 2 is 1.31 bits per heavy atom. The maximum Gasteiger partial charge on any atom is 0.131 e. The van der Waals surface area contributed by atoms with Crippen LogP contribution in [0.5, 0.6) is 5.75 Å². The zero-order valence-electron chi connectivity index (χ0n) is 16.2. The Hall–Kier alpha value is -3.22. The number of rotatable bonds is 5. The molecule has 1 atom stereocenters. The van der Waals surface area contributed by atoms with Crippen LogP contribution in [0.1, 0.15) is 5.56 Å². The van der Waals surface area contributed by atoms with E-state index in [2.05, 4.69) is 41.4 Å². The molecule has 0 bridgehead atoms. The summed E-state index contributed by atoms with van der Waals surface area (Å²) in [6.07, 6.45) is 1.87. The Kier molecular flexibility index (Phi) is 5.84. The Labute approximate surface area is 173 Å². The van der Waals surface area contributed by atoms with Crippen LogP contribution in [0, 0.1) is 0 Å². The van der Waals surface area contributed by atoms with Gasteiger partial charge < -0.3 is 5.11 Å². The van der Waals surface area contributed by atoms with E-state index in [1.54, 1.807) is 7.05 Å². The van der Waals surface area contributed by atoms with Crippen molar-refractivity contribution < 1.29 is 5.11 Å². The number of benzene rings is 4. The second-order valence-corrected chi connectivity index (χ2v) is 8.08. The lowest BCUT2D eigenvalue weighted by Gasteiger charge is -2.15. The highest BCUT2D eigenvalue weighted by Crippen LogP contribution is 2.35. The van der Waals surface area contributed by atoms with Gasteiger partial charge in [0.05, 0.1) is 0 Å². The predicted octanol–water partition coefficient (Wildman–Crippen LogP) is 5.40. The van der Waals surface area contributed by atoms with Crippen molar-refractivity contribution in [3.63, 3.8) is 0 Å². The summed E-state index contributed by atoms with van der Waals surface area (Å²) in [5.41, 5.74) is 5.19. The normalized spacial score (nSPS) is 11.5. The van der Waals surface area contributed by atoms with Crippen molar-refractivity contribution in [2.45, 2.75) is 0 Å². The molecule has 0 saturated heterocycles. The molecule has 0 heterocycles. The van der Waals surface area contributed by atoms with Gasteiger partial charge in [-0.05, 0) is 39.7 Å². The van der Waals surface area contributed by atoms with E-state index >= 15 is 0 Å². The van der Waals surface area contributed by atoms with Gasteiger partial charge in [0.2, 0.25) is 0 Å². The third-order valence-corrected chi connectivity index (χ3v) is 6.18. The van der Waals surface area contributed by atoms with Gasteiger partial charge in [-0.25, -0.2) is 0 Å². The Bertz CT molecular complexity index is 1140. The zero-order chi connectivity index (χ0) is 20.1. The maximum absolute atomic E-state index is 11.2. The molecule has 4 aromatic carbocycles. The lowest BCUT2D eigenvalue weighted by Crippen LogP contribution is -2.10. The minimum atomic E-state index is 0.326. The molecular weight excluding hydrogens is 373 g/mol. The van der Waals surface area contributed by atoms with E-state index in [-0.39, 0.29) is 0 Å². The molecule has 3 heteroatoms. The first-order valence-electron chi connectivity index (χ1n) is 9.52. The average molecular weight is 395 g/mol. The van der Waals surface area contributed by atoms with Crippen LogP contribution in [-0.2, 0) is 0 Å². The predicted molar refractivity (Wildman–Crippen MR) is 127 cm³/mol. The second-order valence-electron chi connectivity index (χ2n) is 6.75. The van der Waals surface area contributed by atoms with Crippen LogP contribution in [0.3, 0.4) is 0 Å². The van der Waals surface area contributed by atoms with Gasteiger partial charge in [-0.1, -0.05) is 93.5 Å². The Balaban J connectivity index is 1.87. The van der Waals surface area contributed by atoms with Crippen LogP contribution in [-0.4, -0.2) is 18.4 Å². The summed E-state index contributed by atoms with van der Waals surface area (Å²) in [5.74, 6) is 0.345. The highest BCUT2D eigenvalue weighted by molar-refractivity contribution is 7.56. The standard InChI is InChI=1S/C26H22NOP/c1-27-18-21-14-8-9-15-24(21)29-25-17-22(19-10-4-2-5-11-19)16-23(26(25)28)20-12-6-3-7-13-20/h2-18,28-29H,1H3. The van der Waals surface area contributed by atoms with Crippen molar-refractivity contribution in [2.75, 3.05) is 7.05 Å². The number of hydrogen-bond donors (Lipinski definition) is 1. The first-order valence-corrected chi connectivity index (χ1v) is 10.5. The molecule has 0 radical (unpaired) electrons. The van der Waals surface area contributed by atoms with Crippen molar-refractivity contribution in [3.8, 4) is 28.0 Å². The van der Waals surface area contributed by atoms with Gasteiger partial charge in [-0.2, -0.15) is 0 Å². The molecule has 0 aliphatic rings. The SMILES string of the molecule is CN=Cc1ccccc1Pc1cc(-c2ccccc2)cc(-c2ccccc2)c1O. The van der Waals surface area contributed by atoms with Gasteiger partial charge >= 0.3 is 0 Å². The van der Waals surface area contributed by atoms with Crippen molar-refractivity contribution in [1.82, 2.24) is 0 Å². The summed E-state index contributed by atoms with van der Waals surface area (Å²) >= 11 is 0. The van der Waals surface area contributed by atoms with E-state index in [4.69, 9.17) is 0 Å². The van der Waals surface area contributed by atoms with Crippen LogP contribution >= 0.6 is 8.58 Å². The molecule has 2 nitrogen and oxygen atoms in total. The van der Waals surface area contributed by atoms with Crippen LogP contribution in [0.15, 0.2) is 102 Å². The van der Waals surface area contributed by atoms with Crippen LogP contribution in [0.25, 0.3) is 22.3 Å². The van der Waals surface area contributed by atoms with Gasteiger partial charge in [-0.15, -0.1) is 0 Å². The second kappa shape index (κ2) is 8.86. The first kappa shape index (κ1) is 19.1. The fourth-order valence-corrected chi connectivity index (χ4v) is 4.62. The van der Waals surface area contributed by atoms with E-state index in [0.717, 1.165) is 38.4 Å². The summed E-state index contributed by atoms with van der Waals surface area (Å²) in [7, 11) is 2.10. The van der Waals surface area contributed by atoms with E-state index in [0.29, 0.717) is 14.3 Å². The largest absolute Gasteiger partial charge is 0.507 e. The summed E-state index contributed by atoms with van der Waals surface area (Å²) < 4.78 is 0. The molecule has 4 aromatic rings. The smallest absolute Gasteiger partial charge is 0.131 e. The summed E-state index contributed by atoms with van der Waals surface area (Å²) in [4.78, 5) is 4.18. The Morgan fingerprint density at radius 1 is 0.690 bits per heavy atom. The highest BCUT2D eigenvalue weighted by atomic mass is 31.1. The third kappa shape index (κ3) is 4.29. The molecule has 4 rings (SSSR count). The molecule has 29 heavy (non-hydrogen) atoms. The van der Waals surface area contributed by atoms with Gasteiger partial charge in [-0.3, -0.25) is 4.99 Å². The molecule has 0 saturated carbocycles. The van der Waals surface area contributed by atoms with Gasteiger partial charge in [0.1, 0.15) is 5.75 Å². The number of hydrogen-bond acceptors (Lipinski definition) is 2. The quantitative estimate of drug-likeness (QED) is 0.356. The summed E-state index contributed by atoms with van der Waals surface area (Å²) in [6, 6.07) is 32.8. The van der Waals surface area contributed by atoms with E-state index in [1.165, 1.54) is 0 Å². The summed E-state index contributed by atoms with van der Waals surface area (Å²) in [5, 5.41) is 13.3. The van der Waals surface area contributed by atoms with Crippen LogP contribution in [0.4, 0.5) is 0 Å². The molecule has 1 N–H and O–H groups in total. The van der Waals surface area contributed by atoms with Crippen LogP contribution < -0.4 is 10.6 Å². The van der Waals surface area contributed by atoms with E-state index < -0.39 is 0 Å². The maximum atomic E-state index is 11.2. The van der Waals surface area contributed by atoms with Crippen molar-refractivity contribution >= 4 is 25.4 Å². The number of aromatic hydroxyl groups is 1. The van der Waals surface area contributed by atoms with Gasteiger partial charge in [0.25, 0.3) is 0 Å². The van der Waals surface area contributed by atoms with Crippen molar-refractivity contribution in [2.24, 2.45) is 4.99 Å². The molecule has 0 fully saturated rings. The average Bonchev–Trinajstić information content (AvgIpc) is 2.78. The van der Waals surface area contributed by atoms with Crippen molar-refractivity contribution in [3.05, 3.63) is 103 Å². The number of aliphatic imine (C=N–C) groups is 1. The molecule has 1 unspecified atom stereocenters. The summed E-state index contributed by atoms with van der Waals surface area (Å²) in [6.45, 7) is 0. The molecule has 0 aliphatic heterocycles. The highest BCUT2D eigenvalue weighted by Gasteiger charge is 2.14. The molecule has 0 amide bonds. The Morgan fingerprint density at radius 3 is 2.00 bits per heavy atom. The monoisotopic (exact) mass is 395 g/mol. The van der Waals surface area contributed by atoms with Crippen molar-refractivity contribution in [1.29, 1.82) is 0 Å². The van der Waals surface area contributed by atoms with Gasteiger partial charge in [0.15, 0.2) is 0 Å². The molecule has 142 valence electrons. The fraction of sp³-hybridized carbons (Fsp3) is 0.0385. The van der Waals surface area contributed by atoms with E-state index in [1.807, 2.05) is 66.9 Å². The van der Waals surface area contributed by atoms with E-state index in [9.17, 15) is 5.11 Å². The lowest BCUT2D eigenvalue weighted by molar-refractivity contribution is 0.482. The minimum Gasteiger partial charge on any atom is -0.507 e. The fourth-order valence-electron chi connectivity index (χ4n) is 3.37. The van der Waals surface area contributed by atoms with Crippen LogP contribution in [0.2, 0.25) is 0 Å². The minimum absolute atomic E-state index is 0.326. The number of phenols is 1. The lowest BCUT2D eigenvalue weighted by atomic mass is 9.98. The first-order chi connectivity index (χ1) is 14.3. The molecule has 0 aliphatic carbocycles. The van der Waals surface area contributed by atoms with Gasteiger partial charge in [0, 0.05) is 24.1 Å². The topological polar surface area (TPSA) is 32.6 Å². The molecule has 0 aromatic heterocycles. The molecule has 0 spiro atoms. The number of phenolic OH excluding ortho intramolecular Hbond substituents is 1. The molecular formula is C26H22NOP. The number of nitrogens with zero attached hydrogens (tertiary/aromatic N) is 1. The zero-order valence-corrected chi connectivity index (χ0v) is 17.2.